The summed E-state index contributed by atoms with van der Waals surface area (Å²) in [6.07, 6.45) is -0.0112. The van der Waals surface area contributed by atoms with Gasteiger partial charge in [-0.05, 0) is 44.7 Å². The van der Waals surface area contributed by atoms with Crippen LogP contribution in [0.4, 0.5) is 13.6 Å². The van der Waals surface area contributed by atoms with Crippen molar-refractivity contribution in [2.24, 2.45) is 5.92 Å². The molecule has 2 N–H and O–H groups in total. The lowest BCUT2D eigenvalue weighted by atomic mass is 10.1. The van der Waals surface area contributed by atoms with Crippen molar-refractivity contribution in [3.05, 3.63) is 35.4 Å². The molecule has 24 heavy (non-hydrogen) atoms. The molecule has 2 amide bonds. The predicted molar refractivity (Wildman–Crippen MR) is 84.5 cm³/mol. The van der Waals surface area contributed by atoms with Crippen molar-refractivity contribution in [2.75, 3.05) is 13.1 Å². The van der Waals surface area contributed by atoms with Crippen molar-refractivity contribution in [2.45, 2.75) is 38.7 Å². The Morgan fingerprint density at radius 3 is 2.50 bits per heavy atom. The van der Waals surface area contributed by atoms with E-state index < -0.39 is 23.3 Å². The smallest absolute Gasteiger partial charge is 0.407 e. The van der Waals surface area contributed by atoms with Gasteiger partial charge >= 0.3 is 6.09 Å². The van der Waals surface area contributed by atoms with Crippen molar-refractivity contribution in [1.82, 2.24) is 10.6 Å². The molecule has 0 saturated heterocycles. The van der Waals surface area contributed by atoms with E-state index in [4.69, 9.17) is 4.74 Å². The lowest BCUT2D eigenvalue weighted by Gasteiger charge is -2.19. The lowest BCUT2D eigenvalue weighted by Crippen LogP contribution is -2.38. The first-order chi connectivity index (χ1) is 11.2. The van der Waals surface area contributed by atoms with Crippen LogP contribution in [-0.4, -0.2) is 30.7 Å². The molecule has 0 spiro atoms. The van der Waals surface area contributed by atoms with Crippen LogP contribution >= 0.6 is 0 Å². The number of benzene rings is 1. The molecule has 0 aromatic heterocycles. The standard InChI is InChI=1S/C17H22F2N2O3/c1-17(2,3)24-16(23)21-7-6-20-15(22)13-9-12(13)11-5-4-10(18)8-14(11)19/h4-5,8,12-13H,6-7,9H2,1-3H3,(H,20,22)(H,21,23)/t12-,13+/m1/s1. The number of carbonyl (C=O) groups excluding carboxylic acids is 2. The highest BCUT2D eigenvalue weighted by Crippen LogP contribution is 2.48. The van der Waals surface area contributed by atoms with Gasteiger partial charge in [-0.2, -0.15) is 0 Å². The maximum Gasteiger partial charge on any atom is 0.407 e. The summed E-state index contributed by atoms with van der Waals surface area (Å²) < 4.78 is 31.6. The zero-order valence-electron chi connectivity index (χ0n) is 14.0. The molecule has 132 valence electrons. The molecule has 0 radical (unpaired) electrons. The minimum atomic E-state index is -0.633. The Kier molecular flexibility index (Phi) is 5.41. The molecule has 1 aromatic rings. The molecule has 1 saturated carbocycles. The van der Waals surface area contributed by atoms with E-state index in [0.717, 1.165) is 6.07 Å². The Balaban J connectivity index is 1.70. The van der Waals surface area contributed by atoms with E-state index in [1.807, 2.05) is 0 Å². The van der Waals surface area contributed by atoms with Gasteiger partial charge in [0.2, 0.25) is 5.91 Å². The Morgan fingerprint density at radius 2 is 1.88 bits per heavy atom. The van der Waals surface area contributed by atoms with Gasteiger partial charge in [0.05, 0.1) is 0 Å². The molecular weight excluding hydrogens is 318 g/mol. The average molecular weight is 340 g/mol. The SMILES string of the molecule is CC(C)(C)OC(=O)NCCNC(=O)[C@H]1C[C@@H]1c1ccc(F)cc1F. The van der Waals surface area contributed by atoms with Crippen LogP contribution in [0.3, 0.4) is 0 Å². The second-order valence-electron chi connectivity index (χ2n) is 6.83. The van der Waals surface area contributed by atoms with E-state index in [2.05, 4.69) is 10.6 Å². The summed E-state index contributed by atoms with van der Waals surface area (Å²) in [5, 5.41) is 5.22. The molecule has 1 aliphatic carbocycles. The van der Waals surface area contributed by atoms with Crippen LogP contribution in [0.5, 0.6) is 0 Å². The Bertz CT molecular complexity index is 629. The Morgan fingerprint density at radius 1 is 1.21 bits per heavy atom. The largest absolute Gasteiger partial charge is 0.444 e. The normalized spacial score (nSPS) is 19.5. The topological polar surface area (TPSA) is 67.4 Å². The predicted octanol–water partition coefficient (Wildman–Crippen LogP) is 2.71. The number of rotatable bonds is 5. The quantitative estimate of drug-likeness (QED) is 0.810. The monoisotopic (exact) mass is 340 g/mol. The molecule has 5 nitrogen and oxygen atoms in total. The summed E-state index contributed by atoms with van der Waals surface area (Å²) in [5.74, 6) is -1.99. The van der Waals surface area contributed by atoms with E-state index in [9.17, 15) is 18.4 Å². The molecule has 0 unspecified atom stereocenters. The Hall–Kier alpha value is -2.18. The summed E-state index contributed by atoms with van der Waals surface area (Å²) in [6.45, 7) is 5.78. The van der Waals surface area contributed by atoms with Crippen LogP contribution in [0.1, 0.15) is 38.7 Å². The number of amides is 2. The third kappa shape index (κ3) is 5.18. The summed E-state index contributed by atoms with van der Waals surface area (Å²) in [6, 6.07) is 3.40. The van der Waals surface area contributed by atoms with Crippen molar-refractivity contribution in [3.63, 3.8) is 0 Å². The van der Waals surface area contributed by atoms with Crippen LogP contribution in [0.15, 0.2) is 18.2 Å². The van der Waals surface area contributed by atoms with Crippen molar-refractivity contribution >= 4 is 12.0 Å². The van der Waals surface area contributed by atoms with E-state index in [-0.39, 0.29) is 30.8 Å². The molecule has 0 aliphatic heterocycles. The maximum absolute atomic E-state index is 13.7. The maximum atomic E-state index is 13.7. The van der Waals surface area contributed by atoms with E-state index in [1.165, 1.54) is 12.1 Å². The molecule has 1 fully saturated rings. The molecular formula is C17H22F2N2O3. The van der Waals surface area contributed by atoms with Crippen LogP contribution in [0.25, 0.3) is 0 Å². The summed E-state index contributed by atoms with van der Waals surface area (Å²) in [7, 11) is 0. The van der Waals surface area contributed by atoms with Crippen LogP contribution in [0.2, 0.25) is 0 Å². The number of hydrogen-bond donors (Lipinski definition) is 2. The first-order valence-electron chi connectivity index (χ1n) is 7.87. The average Bonchev–Trinajstić information content (AvgIpc) is 3.21. The van der Waals surface area contributed by atoms with Gasteiger partial charge in [0.15, 0.2) is 0 Å². The first kappa shape index (κ1) is 18.2. The van der Waals surface area contributed by atoms with Gasteiger partial charge in [0.25, 0.3) is 0 Å². The molecule has 2 atom stereocenters. The van der Waals surface area contributed by atoms with E-state index in [1.54, 1.807) is 20.8 Å². The zero-order chi connectivity index (χ0) is 17.9. The van der Waals surface area contributed by atoms with Gasteiger partial charge in [-0.1, -0.05) is 6.07 Å². The summed E-state index contributed by atoms with van der Waals surface area (Å²) >= 11 is 0. The molecule has 1 aromatic carbocycles. The Labute approximate surface area is 139 Å². The third-order valence-electron chi connectivity index (χ3n) is 3.58. The molecule has 0 bridgehead atoms. The van der Waals surface area contributed by atoms with Gasteiger partial charge in [0.1, 0.15) is 17.2 Å². The fourth-order valence-corrected chi connectivity index (χ4v) is 2.43. The van der Waals surface area contributed by atoms with Crippen LogP contribution < -0.4 is 10.6 Å². The number of alkyl carbamates (subject to hydrolysis) is 1. The van der Waals surface area contributed by atoms with Gasteiger partial charge < -0.3 is 15.4 Å². The number of nitrogens with one attached hydrogen (secondary N) is 2. The highest BCUT2D eigenvalue weighted by atomic mass is 19.1. The van der Waals surface area contributed by atoms with Crippen LogP contribution in [-0.2, 0) is 9.53 Å². The van der Waals surface area contributed by atoms with Crippen LogP contribution in [0, 0.1) is 17.6 Å². The lowest BCUT2D eigenvalue weighted by molar-refractivity contribution is -0.122. The third-order valence-corrected chi connectivity index (χ3v) is 3.58. The van der Waals surface area contributed by atoms with Gasteiger partial charge in [0, 0.05) is 25.1 Å². The highest BCUT2D eigenvalue weighted by Gasteiger charge is 2.45. The van der Waals surface area contributed by atoms with Gasteiger partial charge in [-0.3, -0.25) is 4.79 Å². The fraction of sp³-hybridized carbons (Fsp3) is 0.529. The zero-order valence-corrected chi connectivity index (χ0v) is 14.0. The highest BCUT2D eigenvalue weighted by molar-refractivity contribution is 5.83. The van der Waals surface area contributed by atoms with E-state index >= 15 is 0 Å². The van der Waals surface area contributed by atoms with Gasteiger partial charge in [-0.25, -0.2) is 13.6 Å². The second kappa shape index (κ2) is 7.15. The summed E-state index contributed by atoms with van der Waals surface area (Å²) in [5.41, 5.74) is -0.211. The molecule has 7 heteroatoms. The summed E-state index contributed by atoms with van der Waals surface area (Å²) in [4.78, 5) is 23.4. The number of hydrogen-bond acceptors (Lipinski definition) is 3. The molecule has 1 aliphatic rings. The molecule has 2 rings (SSSR count). The number of halogens is 2. The van der Waals surface area contributed by atoms with Gasteiger partial charge in [-0.15, -0.1) is 0 Å². The van der Waals surface area contributed by atoms with Crippen molar-refractivity contribution < 1.29 is 23.1 Å². The first-order valence-corrected chi connectivity index (χ1v) is 7.87. The number of ether oxygens (including phenoxy) is 1. The van der Waals surface area contributed by atoms with Crippen molar-refractivity contribution in [1.29, 1.82) is 0 Å². The van der Waals surface area contributed by atoms with E-state index in [0.29, 0.717) is 12.0 Å². The molecule has 0 heterocycles. The second-order valence-corrected chi connectivity index (χ2v) is 6.83. The fourth-order valence-electron chi connectivity index (χ4n) is 2.43. The number of carbonyl (C=O) groups is 2. The minimum Gasteiger partial charge on any atom is -0.444 e. The minimum absolute atomic E-state index is 0.199. The van der Waals surface area contributed by atoms with Crippen molar-refractivity contribution in [3.8, 4) is 0 Å².